The predicted molar refractivity (Wildman–Crippen MR) is 84.1 cm³/mol. The maximum atomic E-state index is 12.6. The second-order valence-corrected chi connectivity index (χ2v) is 8.27. The summed E-state index contributed by atoms with van der Waals surface area (Å²) in [6.07, 6.45) is 0.792. The first-order valence-corrected chi connectivity index (χ1v) is 8.32. The van der Waals surface area contributed by atoms with Crippen LogP contribution in [0.5, 0.6) is 0 Å². The highest BCUT2D eigenvalue weighted by molar-refractivity contribution is 7.89. The SMILES string of the molecule is CCc1ccc(S(=O)(=O)N(C)C(C)C(C)(C)C)cc1N. The van der Waals surface area contributed by atoms with Crippen LogP contribution in [0, 0.1) is 5.41 Å². The molecule has 114 valence electrons. The van der Waals surface area contributed by atoms with Crippen molar-refractivity contribution in [2.75, 3.05) is 12.8 Å². The third-order valence-electron chi connectivity index (χ3n) is 3.97. The largest absolute Gasteiger partial charge is 0.398 e. The van der Waals surface area contributed by atoms with Crippen LogP contribution >= 0.6 is 0 Å². The average molecular weight is 298 g/mol. The first-order chi connectivity index (χ1) is 9.01. The molecule has 0 heterocycles. The van der Waals surface area contributed by atoms with Crippen LogP contribution in [0.3, 0.4) is 0 Å². The summed E-state index contributed by atoms with van der Waals surface area (Å²) in [5.41, 5.74) is 7.28. The summed E-state index contributed by atoms with van der Waals surface area (Å²) in [6, 6.07) is 4.87. The molecule has 0 saturated carbocycles. The molecule has 5 heteroatoms. The molecule has 20 heavy (non-hydrogen) atoms. The van der Waals surface area contributed by atoms with E-state index in [1.807, 2.05) is 34.6 Å². The zero-order valence-electron chi connectivity index (χ0n) is 13.3. The summed E-state index contributed by atoms with van der Waals surface area (Å²) in [4.78, 5) is 0.255. The van der Waals surface area contributed by atoms with Crippen LogP contribution in [-0.4, -0.2) is 25.8 Å². The Labute approximate surface area is 123 Å². The van der Waals surface area contributed by atoms with Crippen molar-refractivity contribution >= 4 is 15.7 Å². The molecule has 0 aliphatic rings. The number of rotatable bonds is 4. The molecule has 1 rings (SSSR count). The number of nitrogens with zero attached hydrogens (tertiary/aromatic N) is 1. The van der Waals surface area contributed by atoms with Gasteiger partial charge in [0.1, 0.15) is 0 Å². The minimum absolute atomic E-state index is 0.112. The number of hydrogen-bond donors (Lipinski definition) is 1. The zero-order valence-corrected chi connectivity index (χ0v) is 14.1. The molecule has 0 aliphatic carbocycles. The summed E-state index contributed by atoms with van der Waals surface area (Å²) in [5, 5.41) is 0. The van der Waals surface area contributed by atoms with E-state index in [9.17, 15) is 8.42 Å². The fraction of sp³-hybridized carbons (Fsp3) is 0.600. The van der Waals surface area contributed by atoms with Crippen molar-refractivity contribution in [1.82, 2.24) is 4.31 Å². The van der Waals surface area contributed by atoms with Crippen LogP contribution in [0.4, 0.5) is 5.69 Å². The second kappa shape index (κ2) is 5.74. The van der Waals surface area contributed by atoms with Gasteiger partial charge >= 0.3 is 0 Å². The van der Waals surface area contributed by atoms with Gasteiger partial charge in [-0.3, -0.25) is 0 Å². The first-order valence-electron chi connectivity index (χ1n) is 6.88. The summed E-state index contributed by atoms with van der Waals surface area (Å²) in [7, 11) is -1.90. The van der Waals surface area contributed by atoms with E-state index in [2.05, 4.69) is 0 Å². The van der Waals surface area contributed by atoms with Crippen LogP contribution in [0.15, 0.2) is 23.1 Å². The molecule has 1 aromatic carbocycles. The average Bonchev–Trinajstić information content (AvgIpc) is 2.35. The highest BCUT2D eigenvalue weighted by Crippen LogP contribution is 2.28. The molecule has 1 aromatic rings. The zero-order chi connectivity index (χ0) is 15.7. The van der Waals surface area contributed by atoms with Crippen molar-refractivity contribution in [3.63, 3.8) is 0 Å². The van der Waals surface area contributed by atoms with E-state index >= 15 is 0 Å². The summed E-state index contributed by atoms with van der Waals surface area (Å²) < 4.78 is 26.7. The van der Waals surface area contributed by atoms with Crippen molar-refractivity contribution in [2.24, 2.45) is 5.41 Å². The summed E-state index contributed by atoms with van der Waals surface area (Å²) in [6.45, 7) is 9.99. The lowest BCUT2D eigenvalue weighted by molar-refractivity contribution is 0.216. The Hall–Kier alpha value is -1.07. The van der Waals surface area contributed by atoms with E-state index in [1.165, 1.54) is 4.31 Å². The normalized spacial score (nSPS) is 14.6. The van der Waals surface area contributed by atoms with E-state index in [0.29, 0.717) is 5.69 Å². The lowest BCUT2D eigenvalue weighted by atomic mass is 9.88. The molecule has 0 saturated heterocycles. The van der Waals surface area contributed by atoms with Crippen molar-refractivity contribution in [2.45, 2.75) is 52.0 Å². The van der Waals surface area contributed by atoms with Gasteiger partial charge in [0.15, 0.2) is 0 Å². The monoisotopic (exact) mass is 298 g/mol. The van der Waals surface area contributed by atoms with Gasteiger partial charge in [-0.25, -0.2) is 8.42 Å². The smallest absolute Gasteiger partial charge is 0.243 e. The topological polar surface area (TPSA) is 63.4 Å². The van der Waals surface area contributed by atoms with Crippen LogP contribution in [-0.2, 0) is 16.4 Å². The van der Waals surface area contributed by atoms with Gasteiger partial charge in [0.05, 0.1) is 4.90 Å². The maximum absolute atomic E-state index is 12.6. The fourth-order valence-corrected chi connectivity index (χ4v) is 3.56. The Bertz CT molecular complexity index is 574. The van der Waals surface area contributed by atoms with E-state index in [1.54, 1.807) is 25.2 Å². The number of hydrogen-bond acceptors (Lipinski definition) is 3. The highest BCUT2D eigenvalue weighted by Gasteiger charge is 2.32. The number of benzene rings is 1. The van der Waals surface area contributed by atoms with Gasteiger partial charge in [-0.2, -0.15) is 4.31 Å². The molecule has 1 unspecified atom stereocenters. The highest BCUT2D eigenvalue weighted by atomic mass is 32.2. The minimum atomic E-state index is -3.52. The molecule has 2 N–H and O–H groups in total. The molecule has 0 aromatic heterocycles. The molecule has 0 radical (unpaired) electrons. The number of sulfonamides is 1. The van der Waals surface area contributed by atoms with E-state index in [4.69, 9.17) is 5.73 Å². The van der Waals surface area contributed by atoms with Gasteiger partial charge in [-0.15, -0.1) is 0 Å². The Morgan fingerprint density at radius 1 is 1.30 bits per heavy atom. The van der Waals surface area contributed by atoms with E-state index < -0.39 is 10.0 Å². The van der Waals surface area contributed by atoms with Gasteiger partial charge in [0, 0.05) is 18.8 Å². The Morgan fingerprint density at radius 2 is 1.85 bits per heavy atom. The molecule has 0 aliphatic heterocycles. The van der Waals surface area contributed by atoms with Crippen LogP contribution in [0.25, 0.3) is 0 Å². The molecule has 0 spiro atoms. The third-order valence-corrected chi connectivity index (χ3v) is 5.90. The first kappa shape index (κ1) is 17.0. The minimum Gasteiger partial charge on any atom is -0.398 e. The summed E-state index contributed by atoms with van der Waals surface area (Å²) in [5.74, 6) is 0. The van der Waals surface area contributed by atoms with Gasteiger partial charge in [-0.05, 0) is 36.5 Å². The standard InChI is InChI=1S/C15H26N2O2S/c1-7-12-8-9-13(10-14(12)16)20(18,19)17(6)11(2)15(3,4)5/h8-11H,7,16H2,1-6H3. The summed E-state index contributed by atoms with van der Waals surface area (Å²) >= 11 is 0. The number of nitrogen functional groups attached to an aromatic ring is 1. The quantitative estimate of drug-likeness (QED) is 0.869. The fourth-order valence-electron chi connectivity index (χ4n) is 1.98. The maximum Gasteiger partial charge on any atom is 0.243 e. The third kappa shape index (κ3) is 3.33. The van der Waals surface area contributed by atoms with E-state index in [-0.39, 0.29) is 16.4 Å². The molecule has 0 bridgehead atoms. The van der Waals surface area contributed by atoms with Crippen LogP contribution in [0.2, 0.25) is 0 Å². The molecule has 0 amide bonds. The van der Waals surface area contributed by atoms with Crippen molar-refractivity contribution < 1.29 is 8.42 Å². The Balaban J connectivity index is 3.20. The lowest BCUT2D eigenvalue weighted by Gasteiger charge is -2.34. The number of anilines is 1. The molecular formula is C15H26N2O2S. The number of nitrogens with two attached hydrogens (primary N) is 1. The number of aryl methyl sites for hydroxylation is 1. The van der Waals surface area contributed by atoms with Gasteiger partial charge < -0.3 is 5.73 Å². The van der Waals surface area contributed by atoms with E-state index in [0.717, 1.165) is 12.0 Å². The van der Waals surface area contributed by atoms with Gasteiger partial charge in [0.2, 0.25) is 10.0 Å². The van der Waals surface area contributed by atoms with Gasteiger partial charge in [0.25, 0.3) is 0 Å². The predicted octanol–water partition coefficient (Wildman–Crippen LogP) is 2.89. The molecular weight excluding hydrogens is 272 g/mol. The van der Waals surface area contributed by atoms with Crippen molar-refractivity contribution in [1.29, 1.82) is 0 Å². The van der Waals surface area contributed by atoms with Gasteiger partial charge in [-0.1, -0.05) is 33.8 Å². The Kier molecular flexibility index (Phi) is 4.87. The molecule has 1 atom stereocenters. The second-order valence-electron chi connectivity index (χ2n) is 6.28. The van der Waals surface area contributed by atoms with Crippen molar-refractivity contribution in [3.8, 4) is 0 Å². The Morgan fingerprint density at radius 3 is 2.25 bits per heavy atom. The molecule has 4 nitrogen and oxygen atoms in total. The van der Waals surface area contributed by atoms with Crippen molar-refractivity contribution in [3.05, 3.63) is 23.8 Å². The lowest BCUT2D eigenvalue weighted by Crippen LogP contribution is -2.42. The van der Waals surface area contributed by atoms with Crippen LogP contribution in [0.1, 0.15) is 40.2 Å². The molecule has 0 fully saturated rings. The van der Waals surface area contributed by atoms with Crippen LogP contribution < -0.4 is 5.73 Å².